The summed E-state index contributed by atoms with van der Waals surface area (Å²) in [6, 6.07) is 6.29. The number of halogens is 3. The van der Waals surface area contributed by atoms with E-state index >= 15 is 0 Å². The first-order chi connectivity index (χ1) is 12.9. The SMILES string of the molecule is CCc1cc(SC(F)(F)F)ccc1N(Cc1cocn1)c1ccnc(N)n1. The van der Waals surface area contributed by atoms with Gasteiger partial charge in [0.15, 0.2) is 6.39 Å². The standard InChI is InChI=1S/C17H16F3N5OS/c1-2-11-7-13(27-17(18,19)20)3-4-14(11)25(8-12-9-26-10-23-12)15-5-6-22-16(21)24-15/h3-7,9-10H,2,8H2,1H3,(H2,21,22,24). The molecule has 2 heterocycles. The predicted molar refractivity (Wildman–Crippen MR) is 96.5 cm³/mol. The molecule has 0 atom stereocenters. The fraction of sp³-hybridized carbons (Fsp3) is 0.235. The second-order valence-corrected chi connectivity index (χ2v) is 6.67. The van der Waals surface area contributed by atoms with Gasteiger partial charge in [-0.15, -0.1) is 0 Å². The smallest absolute Gasteiger partial charge is 0.446 e. The molecule has 0 bridgehead atoms. The van der Waals surface area contributed by atoms with Crippen LogP contribution >= 0.6 is 11.8 Å². The molecule has 142 valence electrons. The average Bonchev–Trinajstić information content (AvgIpc) is 3.11. The number of aromatic nitrogens is 3. The Balaban J connectivity index is 2.03. The lowest BCUT2D eigenvalue weighted by Gasteiger charge is -2.26. The van der Waals surface area contributed by atoms with Crippen molar-refractivity contribution in [1.82, 2.24) is 15.0 Å². The molecule has 3 rings (SSSR count). The van der Waals surface area contributed by atoms with Gasteiger partial charge < -0.3 is 15.1 Å². The highest BCUT2D eigenvalue weighted by molar-refractivity contribution is 8.00. The van der Waals surface area contributed by atoms with Gasteiger partial charge in [-0.1, -0.05) is 6.92 Å². The summed E-state index contributed by atoms with van der Waals surface area (Å²) < 4.78 is 43.1. The Morgan fingerprint density at radius 3 is 2.67 bits per heavy atom. The summed E-state index contributed by atoms with van der Waals surface area (Å²) in [5.41, 5.74) is 3.46. The van der Waals surface area contributed by atoms with Gasteiger partial charge in [0.1, 0.15) is 12.1 Å². The summed E-state index contributed by atoms with van der Waals surface area (Å²) in [7, 11) is 0. The minimum atomic E-state index is -4.34. The number of oxazole rings is 1. The van der Waals surface area contributed by atoms with Crippen molar-refractivity contribution in [2.24, 2.45) is 0 Å². The van der Waals surface area contributed by atoms with Gasteiger partial charge in [-0.25, -0.2) is 9.97 Å². The first-order valence-corrected chi connectivity index (χ1v) is 8.79. The molecule has 2 aromatic heterocycles. The van der Waals surface area contributed by atoms with Crippen LogP contribution < -0.4 is 10.6 Å². The Morgan fingerprint density at radius 1 is 1.22 bits per heavy atom. The molecule has 6 nitrogen and oxygen atoms in total. The van der Waals surface area contributed by atoms with Gasteiger partial charge in [-0.2, -0.15) is 18.2 Å². The van der Waals surface area contributed by atoms with Gasteiger partial charge in [-0.05, 0) is 48.0 Å². The molecule has 0 saturated carbocycles. The van der Waals surface area contributed by atoms with E-state index in [2.05, 4.69) is 15.0 Å². The number of nitrogens with two attached hydrogens (primary N) is 1. The molecule has 2 N–H and O–H groups in total. The van der Waals surface area contributed by atoms with Crippen molar-refractivity contribution in [2.45, 2.75) is 30.3 Å². The van der Waals surface area contributed by atoms with Crippen molar-refractivity contribution in [3.05, 3.63) is 54.4 Å². The molecule has 0 spiro atoms. The molecule has 0 aliphatic rings. The van der Waals surface area contributed by atoms with Crippen molar-refractivity contribution in [3.63, 3.8) is 0 Å². The topological polar surface area (TPSA) is 81.1 Å². The molecule has 10 heteroatoms. The minimum Gasteiger partial charge on any atom is -0.451 e. The van der Waals surface area contributed by atoms with E-state index in [0.717, 1.165) is 5.56 Å². The molecule has 27 heavy (non-hydrogen) atoms. The second-order valence-electron chi connectivity index (χ2n) is 5.53. The highest BCUT2D eigenvalue weighted by Gasteiger charge is 2.29. The van der Waals surface area contributed by atoms with Crippen LogP contribution in [0, 0.1) is 0 Å². The molecular formula is C17H16F3N5OS. The van der Waals surface area contributed by atoms with Crippen LogP contribution in [0.15, 0.2) is 52.4 Å². The van der Waals surface area contributed by atoms with Crippen molar-refractivity contribution in [2.75, 3.05) is 10.6 Å². The lowest BCUT2D eigenvalue weighted by atomic mass is 10.1. The fourth-order valence-corrected chi connectivity index (χ4v) is 3.19. The van der Waals surface area contributed by atoms with Crippen LogP contribution in [0.3, 0.4) is 0 Å². The maximum atomic E-state index is 12.7. The van der Waals surface area contributed by atoms with Crippen LogP contribution in [0.25, 0.3) is 0 Å². The Morgan fingerprint density at radius 2 is 2.04 bits per heavy atom. The predicted octanol–water partition coefficient (Wildman–Crippen LogP) is 4.56. The Hall–Kier alpha value is -2.75. The lowest BCUT2D eigenvalue weighted by molar-refractivity contribution is -0.0328. The zero-order valence-corrected chi connectivity index (χ0v) is 15.1. The first-order valence-electron chi connectivity index (χ1n) is 7.97. The van der Waals surface area contributed by atoms with E-state index in [4.69, 9.17) is 10.2 Å². The number of thioether (sulfide) groups is 1. The quantitative estimate of drug-likeness (QED) is 0.613. The molecule has 1 aromatic carbocycles. The summed E-state index contributed by atoms with van der Waals surface area (Å²) in [6.45, 7) is 2.19. The number of alkyl halides is 3. The zero-order chi connectivity index (χ0) is 19.4. The number of rotatable bonds is 6. The van der Waals surface area contributed by atoms with Gasteiger partial charge >= 0.3 is 5.51 Å². The molecule has 0 fully saturated rings. The third kappa shape index (κ3) is 4.91. The van der Waals surface area contributed by atoms with Crippen molar-refractivity contribution in [3.8, 4) is 0 Å². The fourth-order valence-electron chi connectivity index (χ4n) is 2.59. The van der Waals surface area contributed by atoms with Crippen molar-refractivity contribution in [1.29, 1.82) is 0 Å². The highest BCUT2D eigenvalue weighted by Crippen LogP contribution is 2.39. The number of hydrogen-bond acceptors (Lipinski definition) is 7. The summed E-state index contributed by atoms with van der Waals surface area (Å²) in [5, 5.41) is 0. The first kappa shape index (κ1) is 19.0. The molecule has 0 amide bonds. The third-order valence-corrected chi connectivity index (χ3v) is 4.42. The van der Waals surface area contributed by atoms with Gasteiger partial charge in [0.25, 0.3) is 0 Å². The van der Waals surface area contributed by atoms with E-state index in [1.54, 1.807) is 12.1 Å². The van der Waals surface area contributed by atoms with E-state index < -0.39 is 5.51 Å². The molecule has 0 saturated heterocycles. The molecule has 0 radical (unpaired) electrons. The van der Waals surface area contributed by atoms with Gasteiger partial charge in [0.2, 0.25) is 5.95 Å². The number of hydrogen-bond donors (Lipinski definition) is 1. The number of anilines is 3. The van der Waals surface area contributed by atoms with E-state index in [1.807, 2.05) is 11.8 Å². The monoisotopic (exact) mass is 395 g/mol. The molecule has 0 aliphatic carbocycles. The Kier molecular flexibility index (Phi) is 5.54. The number of nitrogens with zero attached hydrogens (tertiary/aromatic N) is 4. The van der Waals surface area contributed by atoms with Crippen LogP contribution in [-0.4, -0.2) is 20.5 Å². The van der Waals surface area contributed by atoms with E-state index in [-0.39, 0.29) is 22.6 Å². The van der Waals surface area contributed by atoms with Crippen molar-refractivity contribution >= 4 is 29.2 Å². The minimum absolute atomic E-state index is 0.0972. The van der Waals surface area contributed by atoms with Gasteiger partial charge in [0.05, 0.1) is 12.2 Å². The summed E-state index contributed by atoms with van der Waals surface area (Å²) >= 11 is -0.137. The van der Waals surface area contributed by atoms with Gasteiger partial charge in [-0.3, -0.25) is 0 Å². The highest BCUT2D eigenvalue weighted by atomic mass is 32.2. The number of nitrogen functional groups attached to an aromatic ring is 1. The van der Waals surface area contributed by atoms with Crippen LogP contribution in [0.2, 0.25) is 0 Å². The van der Waals surface area contributed by atoms with E-state index in [0.29, 0.717) is 30.2 Å². The molecule has 3 aromatic rings. The maximum absolute atomic E-state index is 12.7. The summed E-state index contributed by atoms with van der Waals surface area (Å²) in [4.78, 5) is 14.2. The Bertz CT molecular complexity index is 902. The summed E-state index contributed by atoms with van der Waals surface area (Å²) in [6.07, 6.45) is 4.87. The van der Waals surface area contributed by atoms with E-state index in [9.17, 15) is 13.2 Å². The van der Waals surface area contributed by atoms with E-state index in [1.165, 1.54) is 31.0 Å². The molecule has 0 unspecified atom stereocenters. The number of aryl methyl sites for hydroxylation is 1. The number of benzene rings is 1. The molecule has 0 aliphatic heterocycles. The molecular weight excluding hydrogens is 379 g/mol. The lowest BCUT2D eigenvalue weighted by Crippen LogP contribution is -2.20. The van der Waals surface area contributed by atoms with Crippen LogP contribution in [0.1, 0.15) is 18.2 Å². The van der Waals surface area contributed by atoms with Crippen molar-refractivity contribution < 1.29 is 17.6 Å². The van der Waals surface area contributed by atoms with Crippen LogP contribution in [0.4, 0.5) is 30.6 Å². The summed E-state index contributed by atoms with van der Waals surface area (Å²) in [5.74, 6) is 0.608. The average molecular weight is 395 g/mol. The van der Waals surface area contributed by atoms with Gasteiger partial charge in [0, 0.05) is 16.8 Å². The van der Waals surface area contributed by atoms with Crippen LogP contribution in [-0.2, 0) is 13.0 Å². The second kappa shape index (κ2) is 7.87. The normalized spacial score (nSPS) is 11.6. The third-order valence-electron chi connectivity index (χ3n) is 3.70. The Labute approximate surface area is 157 Å². The largest absolute Gasteiger partial charge is 0.451 e. The maximum Gasteiger partial charge on any atom is 0.446 e. The van der Waals surface area contributed by atoms with Crippen LogP contribution in [0.5, 0.6) is 0 Å². The zero-order valence-electron chi connectivity index (χ0n) is 14.3.